The molecule has 22 heavy (non-hydrogen) atoms. The minimum absolute atomic E-state index is 0.103. The first-order valence-electron chi connectivity index (χ1n) is 5.85. The highest BCUT2D eigenvalue weighted by Gasteiger charge is 2.22. The van der Waals surface area contributed by atoms with Gasteiger partial charge in [0.25, 0.3) is 11.8 Å². The number of amides is 2. The van der Waals surface area contributed by atoms with Gasteiger partial charge in [-0.05, 0) is 68.3 Å². The molecule has 0 atom stereocenters. The van der Waals surface area contributed by atoms with Crippen LogP contribution in [0.15, 0.2) is 45.3 Å². The van der Waals surface area contributed by atoms with Gasteiger partial charge in [0.05, 0.1) is 8.95 Å². The van der Waals surface area contributed by atoms with E-state index in [9.17, 15) is 18.4 Å². The Kier molecular flexibility index (Phi) is 5.05. The predicted molar refractivity (Wildman–Crippen MR) is 82.9 cm³/mol. The van der Waals surface area contributed by atoms with Crippen LogP contribution in [0.25, 0.3) is 0 Å². The van der Waals surface area contributed by atoms with E-state index in [4.69, 9.17) is 5.84 Å². The highest BCUT2D eigenvalue weighted by molar-refractivity contribution is 9.10. The van der Waals surface area contributed by atoms with E-state index in [1.165, 1.54) is 24.3 Å². The van der Waals surface area contributed by atoms with Crippen molar-refractivity contribution in [2.24, 2.45) is 5.84 Å². The normalized spacial score (nSPS) is 10.4. The van der Waals surface area contributed by atoms with Gasteiger partial charge in [-0.25, -0.2) is 19.6 Å². The molecule has 0 heterocycles. The van der Waals surface area contributed by atoms with Gasteiger partial charge >= 0.3 is 0 Å². The SMILES string of the molecule is NN(C(=O)c1ccc(Br)c(F)c1)C(=O)c1ccc(Br)c(F)c1. The molecule has 0 saturated carbocycles. The lowest BCUT2D eigenvalue weighted by atomic mass is 10.1. The van der Waals surface area contributed by atoms with E-state index < -0.39 is 23.4 Å². The van der Waals surface area contributed by atoms with E-state index in [1.807, 2.05) is 0 Å². The van der Waals surface area contributed by atoms with Crippen LogP contribution in [-0.2, 0) is 0 Å². The zero-order chi connectivity index (χ0) is 16.4. The summed E-state index contributed by atoms with van der Waals surface area (Å²) in [5, 5.41) is 0.311. The second-order valence-electron chi connectivity index (χ2n) is 4.24. The fourth-order valence-corrected chi connectivity index (χ4v) is 2.12. The molecule has 114 valence electrons. The van der Waals surface area contributed by atoms with Crippen molar-refractivity contribution in [1.29, 1.82) is 0 Å². The molecule has 0 aromatic heterocycles. The van der Waals surface area contributed by atoms with Crippen molar-refractivity contribution in [2.45, 2.75) is 0 Å². The third-order valence-corrected chi connectivity index (χ3v) is 4.06. The Bertz CT molecular complexity index is 705. The molecule has 4 nitrogen and oxygen atoms in total. The highest BCUT2D eigenvalue weighted by atomic mass is 79.9. The lowest BCUT2D eigenvalue weighted by molar-refractivity contribution is 0.0615. The number of benzene rings is 2. The Hall–Kier alpha value is -1.64. The van der Waals surface area contributed by atoms with Gasteiger partial charge in [0, 0.05) is 11.1 Å². The van der Waals surface area contributed by atoms with Crippen LogP contribution < -0.4 is 5.84 Å². The molecule has 0 aliphatic heterocycles. The Labute approximate surface area is 141 Å². The quantitative estimate of drug-likeness (QED) is 0.340. The molecule has 2 rings (SSSR count). The number of carbonyl (C=O) groups excluding carboxylic acids is 2. The van der Waals surface area contributed by atoms with Gasteiger partial charge in [0.2, 0.25) is 0 Å². The lowest BCUT2D eigenvalue weighted by Crippen LogP contribution is -2.42. The molecular weight excluding hydrogens is 426 g/mol. The smallest absolute Gasteiger partial charge is 0.267 e. The number of carbonyl (C=O) groups is 2. The molecule has 8 heteroatoms. The maximum atomic E-state index is 13.4. The lowest BCUT2D eigenvalue weighted by Gasteiger charge is -2.15. The van der Waals surface area contributed by atoms with Crippen molar-refractivity contribution in [3.63, 3.8) is 0 Å². The summed E-state index contributed by atoms with van der Waals surface area (Å²) in [5.74, 6) is 2.33. The molecule has 0 radical (unpaired) electrons. The number of rotatable bonds is 2. The van der Waals surface area contributed by atoms with E-state index in [2.05, 4.69) is 31.9 Å². The van der Waals surface area contributed by atoms with Crippen molar-refractivity contribution in [1.82, 2.24) is 5.01 Å². The number of hydrazine groups is 1. The topological polar surface area (TPSA) is 63.4 Å². The summed E-state index contributed by atoms with van der Waals surface area (Å²) in [6, 6.07) is 7.15. The summed E-state index contributed by atoms with van der Waals surface area (Å²) in [4.78, 5) is 24.1. The largest absolute Gasteiger partial charge is 0.275 e. The molecule has 2 amide bonds. The van der Waals surface area contributed by atoms with E-state index >= 15 is 0 Å². The van der Waals surface area contributed by atoms with Gasteiger partial charge < -0.3 is 0 Å². The van der Waals surface area contributed by atoms with Gasteiger partial charge in [0.15, 0.2) is 0 Å². The van der Waals surface area contributed by atoms with Crippen molar-refractivity contribution in [3.05, 3.63) is 68.1 Å². The Morgan fingerprint density at radius 1 is 0.864 bits per heavy atom. The van der Waals surface area contributed by atoms with E-state index in [0.717, 1.165) is 12.1 Å². The summed E-state index contributed by atoms with van der Waals surface area (Å²) < 4.78 is 27.2. The molecule has 2 aromatic carbocycles. The fraction of sp³-hybridized carbons (Fsp3) is 0. The molecule has 2 aromatic rings. The van der Waals surface area contributed by atoms with Crippen LogP contribution >= 0.6 is 31.9 Å². The molecule has 0 bridgehead atoms. The summed E-state index contributed by atoms with van der Waals surface area (Å²) in [5.41, 5.74) is -0.205. The number of hydrogen-bond acceptors (Lipinski definition) is 3. The predicted octanol–water partition coefficient (Wildman–Crippen LogP) is 3.65. The van der Waals surface area contributed by atoms with Crippen molar-refractivity contribution in [2.75, 3.05) is 0 Å². The first kappa shape index (κ1) is 16.7. The zero-order valence-corrected chi connectivity index (χ0v) is 14.0. The van der Waals surface area contributed by atoms with Gasteiger partial charge in [0.1, 0.15) is 11.6 Å². The van der Waals surface area contributed by atoms with E-state index in [-0.39, 0.29) is 20.1 Å². The first-order valence-corrected chi connectivity index (χ1v) is 7.43. The van der Waals surface area contributed by atoms with Crippen LogP contribution in [0.5, 0.6) is 0 Å². The molecule has 0 aliphatic carbocycles. The Morgan fingerprint density at radius 2 is 1.23 bits per heavy atom. The average molecular weight is 434 g/mol. The summed E-state index contributed by atoms with van der Waals surface area (Å²) in [6.45, 7) is 0. The molecule has 2 N–H and O–H groups in total. The third kappa shape index (κ3) is 3.40. The summed E-state index contributed by atoms with van der Waals surface area (Å²) in [7, 11) is 0. The fourth-order valence-electron chi connectivity index (χ4n) is 1.63. The minimum Gasteiger partial charge on any atom is -0.267 e. The van der Waals surface area contributed by atoms with Gasteiger partial charge in [-0.2, -0.15) is 0 Å². The maximum Gasteiger partial charge on any atom is 0.275 e. The monoisotopic (exact) mass is 432 g/mol. The van der Waals surface area contributed by atoms with E-state index in [1.54, 1.807) is 0 Å². The molecule has 0 saturated heterocycles. The maximum absolute atomic E-state index is 13.4. The van der Waals surface area contributed by atoms with Gasteiger partial charge in [-0.3, -0.25) is 9.59 Å². The third-order valence-electron chi connectivity index (χ3n) is 2.77. The van der Waals surface area contributed by atoms with Crippen molar-refractivity contribution < 1.29 is 18.4 Å². The van der Waals surface area contributed by atoms with Crippen molar-refractivity contribution >= 4 is 43.7 Å². The van der Waals surface area contributed by atoms with Crippen LogP contribution in [0.2, 0.25) is 0 Å². The van der Waals surface area contributed by atoms with E-state index in [0.29, 0.717) is 5.01 Å². The highest BCUT2D eigenvalue weighted by Crippen LogP contribution is 2.19. The number of hydrogen-bond donors (Lipinski definition) is 1. The standard InChI is InChI=1S/C14H8Br2F2N2O2/c15-9-3-1-7(5-11(9)17)13(21)20(19)14(22)8-2-4-10(16)12(18)6-8/h1-6H,19H2. The van der Waals surface area contributed by atoms with Gasteiger partial charge in [-0.15, -0.1) is 0 Å². The molecule has 0 aliphatic rings. The Balaban J connectivity index is 2.27. The van der Waals surface area contributed by atoms with Gasteiger partial charge in [-0.1, -0.05) is 0 Å². The van der Waals surface area contributed by atoms with Crippen LogP contribution in [-0.4, -0.2) is 16.8 Å². The second-order valence-corrected chi connectivity index (χ2v) is 5.95. The molecule has 0 unspecified atom stereocenters. The zero-order valence-electron chi connectivity index (χ0n) is 10.8. The Morgan fingerprint density at radius 3 is 1.55 bits per heavy atom. The summed E-state index contributed by atoms with van der Waals surface area (Å²) >= 11 is 5.90. The van der Waals surface area contributed by atoms with Crippen molar-refractivity contribution in [3.8, 4) is 0 Å². The number of imide groups is 1. The minimum atomic E-state index is -0.903. The average Bonchev–Trinajstić information content (AvgIpc) is 2.50. The van der Waals surface area contributed by atoms with Crippen LogP contribution in [0.3, 0.4) is 0 Å². The number of nitrogens with zero attached hydrogens (tertiary/aromatic N) is 1. The number of nitrogens with two attached hydrogens (primary N) is 1. The number of halogens is 4. The van der Waals surface area contributed by atoms with Crippen LogP contribution in [0, 0.1) is 11.6 Å². The molecule has 0 spiro atoms. The molecule has 0 fully saturated rings. The van der Waals surface area contributed by atoms with Crippen LogP contribution in [0.4, 0.5) is 8.78 Å². The van der Waals surface area contributed by atoms with Crippen LogP contribution in [0.1, 0.15) is 20.7 Å². The second kappa shape index (κ2) is 6.64. The first-order chi connectivity index (χ1) is 10.3. The summed E-state index contributed by atoms with van der Waals surface area (Å²) in [6.07, 6.45) is 0. The molecular formula is C14H8Br2F2N2O2.